The van der Waals surface area contributed by atoms with Gasteiger partial charge in [-0.25, -0.2) is 4.79 Å². The first-order valence-electron chi connectivity index (χ1n) is 8.81. The molecule has 1 aromatic rings. The van der Waals surface area contributed by atoms with E-state index in [4.69, 9.17) is 4.74 Å². The Kier molecular flexibility index (Phi) is 6.03. The van der Waals surface area contributed by atoms with Gasteiger partial charge in [0, 0.05) is 24.0 Å². The molecule has 2 aliphatic heterocycles. The van der Waals surface area contributed by atoms with E-state index in [1.54, 1.807) is 16.7 Å². The first-order chi connectivity index (χ1) is 12.6. The predicted octanol–water partition coefficient (Wildman–Crippen LogP) is 1.86. The molecule has 3 amide bonds. The van der Waals surface area contributed by atoms with Crippen LogP contribution in [-0.2, 0) is 14.3 Å². The lowest BCUT2D eigenvalue weighted by Crippen LogP contribution is -2.50. The van der Waals surface area contributed by atoms with Gasteiger partial charge in [-0.3, -0.25) is 9.59 Å². The Labute approximate surface area is 157 Å². The van der Waals surface area contributed by atoms with Crippen LogP contribution in [-0.4, -0.2) is 60.8 Å². The van der Waals surface area contributed by atoms with Crippen molar-refractivity contribution in [1.82, 2.24) is 10.2 Å². The molecule has 2 aliphatic rings. The second-order valence-electron chi connectivity index (χ2n) is 6.26. The molecule has 140 valence electrons. The van der Waals surface area contributed by atoms with Crippen molar-refractivity contribution in [1.29, 1.82) is 0 Å². The number of nitrogens with zero attached hydrogens (tertiary/aromatic N) is 2. The Morgan fingerprint density at radius 3 is 2.73 bits per heavy atom. The van der Waals surface area contributed by atoms with Gasteiger partial charge in [-0.15, -0.1) is 11.8 Å². The highest BCUT2D eigenvalue weighted by Gasteiger charge is 2.28. The van der Waals surface area contributed by atoms with Crippen LogP contribution < -0.4 is 10.2 Å². The van der Waals surface area contributed by atoms with Gasteiger partial charge in [0.15, 0.2) is 0 Å². The van der Waals surface area contributed by atoms with Crippen LogP contribution in [0.3, 0.4) is 0 Å². The fourth-order valence-electron chi connectivity index (χ4n) is 3.17. The summed E-state index contributed by atoms with van der Waals surface area (Å²) in [6.45, 7) is 3.29. The first kappa shape index (κ1) is 18.6. The molecule has 0 spiro atoms. The molecule has 1 fully saturated rings. The number of amides is 3. The molecule has 8 heteroatoms. The zero-order valence-corrected chi connectivity index (χ0v) is 15.6. The number of thioether (sulfide) groups is 1. The van der Waals surface area contributed by atoms with Crippen molar-refractivity contribution < 1.29 is 19.1 Å². The summed E-state index contributed by atoms with van der Waals surface area (Å²) in [5, 5.41) is 2.99. The van der Waals surface area contributed by atoms with E-state index in [2.05, 4.69) is 5.32 Å². The highest BCUT2D eigenvalue weighted by molar-refractivity contribution is 8.00. The zero-order valence-electron chi connectivity index (χ0n) is 14.8. The maximum Gasteiger partial charge on any atom is 0.409 e. The fraction of sp³-hybridized carbons (Fsp3) is 0.500. The smallest absolute Gasteiger partial charge is 0.409 e. The van der Waals surface area contributed by atoms with E-state index in [-0.39, 0.29) is 30.5 Å². The summed E-state index contributed by atoms with van der Waals surface area (Å²) in [6.07, 6.45) is 1.07. The second kappa shape index (κ2) is 8.44. The molecule has 1 saturated heterocycles. The number of nitrogens with one attached hydrogen (secondary N) is 1. The average molecular weight is 377 g/mol. The van der Waals surface area contributed by atoms with Crippen LogP contribution in [0, 0.1) is 0 Å². The monoisotopic (exact) mass is 377 g/mol. The van der Waals surface area contributed by atoms with Crippen LogP contribution in [0.4, 0.5) is 10.5 Å². The molecule has 0 unspecified atom stereocenters. The lowest BCUT2D eigenvalue weighted by atomic mass is 10.1. The number of hydrogen-bond donors (Lipinski definition) is 1. The number of rotatable bonds is 4. The quantitative estimate of drug-likeness (QED) is 0.867. The number of carbonyl (C=O) groups is 3. The minimum atomic E-state index is -0.301. The van der Waals surface area contributed by atoms with Crippen molar-refractivity contribution in [3.63, 3.8) is 0 Å². The van der Waals surface area contributed by atoms with Gasteiger partial charge in [0.1, 0.15) is 6.54 Å². The zero-order chi connectivity index (χ0) is 18.5. The van der Waals surface area contributed by atoms with Gasteiger partial charge in [-0.05, 0) is 31.9 Å². The van der Waals surface area contributed by atoms with E-state index in [1.165, 1.54) is 11.8 Å². The first-order valence-corrected chi connectivity index (χ1v) is 9.80. The molecule has 0 radical (unpaired) electrons. The van der Waals surface area contributed by atoms with Crippen LogP contribution in [0.1, 0.15) is 19.8 Å². The number of para-hydroxylation sites is 1. The summed E-state index contributed by atoms with van der Waals surface area (Å²) in [6, 6.07) is 7.63. The number of piperidine rings is 1. The largest absolute Gasteiger partial charge is 0.450 e. The molecule has 0 atom stereocenters. The maximum atomic E-state index is 12.4. The molecule has 0 aliphatic carbocycles. The summed E-state index contributed by atoms with van der Waals surface area (Å²) < 4.78 is 5.00. The standard InChI is InChI=1S/C18H23N3O4S/c1-2-25-18(24)20-9-7-13(8-10-20)19-16(22)11-21-14-5-3-4-6-15(14)26-12-17(21)23/h3-6,13H,2,7-12H2,1H3,(H,19,22). The van der Waals surface area contributed by atoms with Crippen LogP contribution in [0.5, 0.6) is 0 Å². The summed E-state index contributed by atoms with van der Waals surface area (Å²) >= 11 is 1.50. The minimum Gasteiger partial charge on any atom is -0.450 e. The van der Waals surface area contributed by atoms with Crippen LogP contribution in [0.15, 0.2) is 29.2 Å². The summed E-state index contributed by atoms with van der Waals surface area (Å²) in [5.74, 6) is 0.123. The lowest BCUT2D eigenvalue weighted by Gasteiger charge is -2.33. The van der Waals surface area contributed by atoms with E-state index in [0.29, 0.717) is 38.3 Å². The van der Waals surface area contributed by atoms with Gasteiger partial charge >= 0.3 is 6.09 Å². The molecule has 3 rings (SSSR count). The lowest BCUT2D eigenvalue weighted by molar-refractivity contribution is -0.123. The maximum absolute atomic E-state index is 12.4. The normalized spacial score (nSPS) is 17.7. The number of carbonyl (C=O) groups excluding carboxylic acids is 3. The van der Waals surface area contributed by atoms with Gasteiger partial charge in [0.25, 0.3) is 0 Å². The van der Waals surface area contributed by atoms with E-state index < -0.39 is 0 Å². The fourth-order valence-corrected chi connectivity index (χ4v) is 4.10. The van der Waals surface area contributed by atoms with E-state index in [1.807, 2.05) is 24.3 Å². The van der Waals surface area contributed by atoms with Crippen LogP contribution in [0.2, 0.25) is 0 Å². The second-order valence-corrected chi connectivity index (χ2v) is 7.28. The van der Waals surface area contributed by atoms with Crippen LogP contribution in [0.25, 0.3) is 0 Å². The Bertz CT molecular complexity index is 689. The van der Waals surface area contributed by atoms with Crippen molar-refractivity contribution in [2.45, 2.75) is 30.7 Å². The number of fused-ring (bicyclic) bond motifs is 1. The van der Waals surface area contributed by atoms with Gasteiger partial charge in [0.2, 0.25) is 11.8 Å². The predicted molar refractivity (Wildman–Crippen MR) is 99.3 cm³/mol. The van der Waals surface area contributed by atoms with Gasteiger partial charge in [0.05, 0.1) is 18.0 Å². The molecular formula is C18H23N3O4S. The topological polar surface area (TPSA) is 79.0 Å². The molecule has 2 heterocycles. The van der Waals surface area contributed by atoms with Gasteiger partial charge in [-0.1, -0.05) is 12.1 Å². The molecule has 1 N–H and O–H groups in total. The highest BCUT2D eigenvalue weighted by Crippen LogP contribution is 2.34. The van der Waals surface area contributed by atoms with Gasteiger partial charge in [-0.2, -0.15) is 0 Å². The number of likely N-dealkylation sites (tertiary alicyclic amines) is 1. The Balaban J connectivity index is 1.52. The Morgan fingerprint density at radius 2 is 2.00 bits per heavy atom. The minimum absolute atomic E-state index is 0.0117. The van der Waals surface area contributed by atoms with Crippen molar-refractivity contribution in [2.75, 3.05) is 36.9 Å². The van der Waals surface area contributed by atoms with E-state index in [0.717, 1.165) is 10.6 Å². The average Bonchev–Trinajstić information content (AvgIpc) is 2.65. The molecule has 7 nitrogen and oxygen atoms in total. The molecular weight excluding hydrogens is 354 g/mol. The number of hydrogen-bond acceptors (Lipinski definition) is 5. The van der Waals surface area contributed by atoms with Crippen molar-refractivity contribution >= 4 is 35.4 Å². The third-order valence-electron chi connectivity index (χ3n) is 4.50. The molecule has 0 saturated carbocycles. The third-order valence-corrected chi connectivity index (χ3v) is 5.54. The summed E-state index contributed by atoms with van der Waals surface area (Å²) in [4.78, 5) is 40.6. The molecule has 26 heavy (non-hydrogen) atoms. The van der Waals surface area contributed by atoms with Gasteiger partial charge < -0.3 is 19.9 Å². The SMILES string of the molecule is CCOC(=O)N1CCC(NC(=O)CN2C(=O)CSc3ccccc32)CC1. The molecule has 0 bridgehead atoms. The number of benzene rings is 1. The Morgan fingerprint density at radius 1 is 1.27 bits per heavy atom. The van der Waals surface area contributed by atoms with Crippen molar-refractivity contribution in [3.05, 3.63) is 24.3 Å². The molecule has 1 aromatic carbocycles. The highest BCUT2D eigenvalue weighted by atomic mass is 32.2. The molecule has 0 aromatic heterocycles. The van der Waals surface area contributed by atoms with E-state index >= 15 is 0 Å². The summed E-state index contributed by atoms with van der Waals surface area (Å²) in [5.41, 5.74) is 0.793. The van der Waals surface area contributed by atoms with Crippen LogP contribution >= 0.6 is 11.8 Å². The van der Waals surface area contributed by atoms with Crippen molar-refractivity contribution in [2.24, 2.45) is 0 Å². The Hall–Kier alpha value is -2.22. The number of ether oxygens (including phenoxy) is 1. The summed E-state index contributed by atoms with van der Waals surface area (Å²) in [7, 11) is 0. The third kappa shape index (κ3) is 4.30. The van der Waals surface area contributed by atoms with Crippen molar-refractivity contribution in [3.8, 4) is 0 Å². The number of anilines is 1. The van der Waals surface area contributed by atoms with E-state index in [9.17, 15) is 14.4 Å².